The van der Waals surface area contributed by atoms with Crippen molar-refractivity contribution in [1.29, 1.82) is 0 Å². The van der Waals surface area contributed by atoms with E-state index < -0.39 is 0 Å². The van der Waals surface area contributed by atoms with Crippen molar-refractivity contribution in [1.82, 2.24) is 34.6 Å². The molecule has 2 saturated heterocycles. The molecule has 3 aliphatic rings. The fourth-order valence-electron chi connectivity index (χ4n) is 4.73. The van der Waals surface area contributed by atoms with E-state index in [0.717, 1.165) is 37.6 Å². The number of rotatable bonds is 9. The van der Waals surface area contributed by atoms with Crippen molar-refractivity contribution in [3.8, 4) is 0 Å². The Kier molecular flexibility index (Phi) is 6.28. The molecule has 0 spiro atoms. The molecule has 0 aromatic carbocycles. The molecule has 0 atom stereocenters. The van der Waals surface area contributed by atoms with Gasteiger partial charge in [-0.15, -0.1) is 0 Å². The molecule has 12 nitrogen and oxygen atoms in total. The van der Waals surface area contributed by atoms with Gasteiger partial charge in [0.15, 0.2) is 11.6 Å². The number of imidazole rings is 1. The highest BCUT2D eigenvalue weighted by molar-refractivity contribution is 5.91. The first-order valence-corrected chi connectivity index (χ1v) is 12.6. The monoisotopic (exact) mass is 492 g/mol. The van der Waals surface area contributed by atoms with E-state index in [2.05, 4.69) is 46.7 Å². The molecule has 3 fully saturated rings. The molecule has 2 aliphatic heterocycles. The Morgan fingerprint density at radius 1 is 1.17 bits per heavy atom. The maximum atomic E-state index is 12.5. The SMILES string of the molecule is CN(c1nccc(Nc2cc(C3CC3)[nH]n2)n1)C1CCN(CC(=O)Nc2cn(C3COC3)cn2)CC1. The van der Waals surface area contributed by atoms with Gasteiger partial charge in [0, 0.05) is 56.3 Å². The van der Waals surface area contributed by atoms with Gasteiger partial charge in [0.25, 0.3) is 0 Å². The minimum absolute atomic E-state index is 0.0396. The minimum atomic E-state index is -0.0396. The molecule has 3 aromatic heterocycles. The molecule has 5 heterocycles. The second kappa shape index (κ2) is 9.86. The topological polar surface area (TPSA) is 129 Å². The zero-order valence-electron chi connectivity index (χ0n) is 20.4. The maximum absolute atomic E-state index is 12.5. The largest absolute Gasteiger partial charge is 0.377 e. The Morgan fingerprint density at radius 3 is 2.75 bits per heavy atom. The predicted molar refractivity (Wildman–Crippen MR) is 134 cm³/mol. The average molecular weight is 493 g/mol. The lowest BCUT2D eigenvalue weighted by Crippen LogP contribution is -2.46. The van der Waals surface area contributed by atoms with Crippen LogP contribution in [0.4, 0.5) is 23.4 Å². The molecule has 1 saturated carbocycles. The second-order valence-corrected chi connectivity index (χ2v) is 9.91. The smallest absolute Gasteiger partial charge is 0.239 e. The number of piperidine rings is 1. The van der Waals surface area contributed by atoms with Gasteiger partial charge in [0.05, 0.1) is 32.1 Å². The zero-order valence-corrected chi connectivity index (χ0v) is 20.4. The molecular weight excluding hydrogens is 460 g/mol. The van der Waals surface area contributed by atoms with Crippen LogP contribution in [0.15, 0.2) is 30.9 Å². The van der Waals surface area contributed by atoms with Gasteiger partial charge >= 0.3 is 0 Å². The number of carbonyl (C=O) groups is 1. The first kappa shape index (κ1) is 22.9. The predicted octanol–water partition coefficient (Wildman–Crippen LogP) is 2.13. The molecule has 1 aliphatic carbocycles. The summed E-state index contributed by atoms with van der Waals surface area (Å²) in [5.41, 5.74) is 1.18. The van der Waals surface area contributed by atoms with Crippen LogP contribution in [0.1, 0.15) is 43.3 Å². The summed E-state index contributed by atoms with van der Waals surface area (Å²) in [6, 6.07) is 4.55. The molecular formula is C24H32N10O2. The van der Waals surface area contributed by atoms with Crippen molar-refractivity contribution in [2.24, 2.45) is 0 Å². The molecule has 6 rings (SSSR count). The number of aromatic nitrogens is 6. The third kappa shape index (κ3) is 5.19. The van der Waals surface area contributed by atoms with Gasteiger partial charge in [0.2, 0.25) is 11.9 Å². The van der Waals surface area contributed by atoms with Crippen LogP contribution in [0.2, 0.25) is 0 Å². The van der Waals surface area contributed by atoms with Crippen LogP contribution in [0.25, 0.3) is 0 Å². The van der Waals surface area contributed by atoms with Crippen molar-refractivity contribution >= 4 is 29.3 Å². The summed E-state index contributed by atoms with van der Waals surface area (Å²) < 4.78 is 7.21. The quantitative estimate of drug-likeness (QED) is 0.411. The van der Waals surface area contributed by atoms with Crippen LogP contribution in [-0.2, 0) is 9.53 Å². The number of amides is 1. The molecule has 1 amide bonds. The van der Waals surface area contributed by atoms with Gasteiger partial charge in [-0.1, -0.05) is 0 Å². The number of likely N-dealkylation sites (tertiary alicyclic amines) is 1. The van der Waals surface area contributed by atoms with Crippen molar-refractivity contribution in [2.45, 2.75) is 43.7 Å². The highest BCUT2D eigenvalue weighted by Gasteiger charge is 2.27. The van der Waals surface area contributed by atoms with Crippen molar-refractivity contribution in [3.05, 3.63) is 36.5 Å². The molecule has 190 valence electrons. The van der Waals surface area contributed by atoms with Gasteiger partial charge < -0.3 is 24.8 Å². The standard InChI is InChI=1S/C24H32N10O2/c1-32(24-25-7-4-20(29-24)27-21-10-19(30-31-21)16-2-3-16)17-5-8-33(9-6-17)12-23(35)28-22-11-34(15-26-22)18-13-36-14-18/h4,7,10-11,15-18H,2-3,5-6,8-9,12-14H2,1H3,(H,28,35)(H2,25,27,29,30,31). The van der Waals surface area contributed by atoms with E-state index in [1.54, 1.807) is 12.5 Å². The number of nitrogens with zero attached hydrogens (tertiary/aromatic N) is 7. The van der Waals surface area contributed by atoms with E-state index in [9.17, 15) is 4.79 Å². The number of carbonyl (C=O) groups excluding carboxylic acids is 1. The number of aromatic amines is 1. The van der Waals surface area contributed by atoms with Gasteiger partial charge in [-0.25, -0.2) is 9.97 Å². The lowest BCUT2D eigenvalue weighted by atomic mass is 10.0. The van der Waals surface area contributed by atoms with Gasteiger partial charge in [-0.2, -0.15) is 10.1 Å². The van der Waals surface area contributed by atoms with Crippen LogP contribution in [0, 0.1) is 0 Å². The van der Waals surface area contributed by atoms with Crippen molar-refractivity contribution in [3.63, 3.8) is 0 Å². The maximum Gasteiger partial charge on any atom is 0.239 e. The van der Waals surface area contributed by atoms with Crippen LogP contribution in [0.3, 0.4) is 0 Å². The van der Waals surface area contributed by atoms with E-state index in [-0.39, 0.29) is 5.91 Å². The lowest BCUT2D eigenvalue weighted by Gasteiger charge is -2.36. The first-order chi connectivity index (χ1) is 17.6. The first-order valence-electron chi connectivity index (χ1n) is 12.6. The van der Waals surface area contributed by atoms with E-state index in [0.29, 0.717) is 49.5 Å². The highest BCUT2D eigenvalue weighted by Crippen LogP contribution is 2.39. The number of hydrogen-bond donors (Lipinski definition) is 3. The van der Waals surface area contributed by atoms with Gasteiger partial charge in [-0.3, -0.25) is 14.8 Å². The fourth-order valence-corrected chi connectivity index (χ4v) is 4.73. The molecule has 12 heteroatoms. The second-order valence-electron chi connectivity index (χ2n) is 9.91. The third-order valence-electron chi connectivity index (χ3n) is 7.21. The molecule has 0 radical (unpaired) electrons. The van der Waals surface area contributed by atoms with Crippen LogP contribution in [0.5, 0.6) is 0 Å². The molecule has 0 unspecified atom stereocenters. The summed E-state index contributed by atoms with van der Waals surface area (Å²) in [4.78, 5) is 30.4. The zero-order chi connectivity index (χ0) is 24.5. The van der Waals surface area contributed by atoms with Crippen LogP contribution in [-0.4, -0.2) is 86.5 Å². The Hall–Kier alpha value is -3.51. The van der Waals surface area contributed by atoms with Crippen molar-refractivity contribution in [2.75, 3.05) is 55.4 Å². The van der Waals surface area contributed by atoms with Gasteiger partial charge in [-0.05, 0) is 31.7 Å². The third-order valence-corrected chi connectivity index (χ3v) is 7.21. The van der Waals surface area contributed by atoms with Crippen LogP contribution >= 0.6 is 0 Å². The fraction of sp³-hybridized carbons (Fsp3) is 0.542. The summed E-state index contributed by atoms with van der Waals surface area (Å²) in [5.74, 6) is 3.36. The van der Waals surface area contributed by atoms with E-state index in [1.165, 1.54) is 18.5 Å². The van der Waals surface area contributed by atoms with Gasteiger partial charge in [0.1, 0.15) is 5.82 Å². The summed E-state index contributed by atoms with van der Waals surface area (Å²) in [6.07, 6.45) is 9.72. The number of nitrogens with one attached hydrogen (secondary N) is 3. The summed E-state index contributed by atoms with van der Waals surface area (Å²) in [5, 5.41) is 13.7. The highest BCUT2D eigenvalue weighted by atomic mass is 16.5. The minimum Gasteiger partial charge on any atom is -0.377 e. The summed E-state index contributed by atoms with van der Waals surface area (Å²) >= 11 is 0. The Balaban J connectivity index is 0.979. The van der Waals surface area contributed by atoms with E-state index in [4.69, 9.17) is 9.72 Å². The summed E-state index contributed by atoms with van der Waals surface area (Å²) in [7, 11) is 2.04. The number of hydrogen-bond acceptors (Lipinski definition) is 9. The Labute approximate surface area is 209 Å². The molecule has 3 N–H and O–H groups in total. The number of H-pyrrole nitrogens is 1. The average Bonchev–Trinajstić information content (AvgIpc) is 3.44. The lowest BCUT2D eigenvalue weighted by molar-refractivity contribution is -0.117. The van der Waals surface area contributed by atoms with E-state index in [1.807, 2.05) is 23.9 Å². The Morgan fingerprint density at radius 2 is 2.00 bits per heavy atom. The van der Waals surface area contributed by atoms with E-state index >= 15 is 0 Å². The summed E-state index contributed by atoms with van der Waals surface area (Å²) in [6.45, 7) is 3.43. The Bertz CT molecular complexity index is 1190. The number of ether oxygens (including phenoxy) is 1. The molecule has 0 bridgehead atoms. The van der Waals surface area contributed by atoms with Crippen molar-refractivity contribution < 1.29 is 9.53 Å². The normalized spacial score (nSPS) is 19.1. The van der Waals surface area contributed by atoms with Crippen LogP contribution < -0.4 is 15.5 Å². The number of anilines is 4. The molecule has 36 heavy (non-hydrogen) atoms. The molecule has 3 aromatic rings.